The van der Waals surface area contributed by atoms with Crippen LogP contribution in [0.25, 0.3) is 0 Å². The van der Waals surface area contributed by atoms with Crippen LogP contribution in [0.5, 0.6) is 0 Å². The maximum atomic E-state index is 14.5. The van der Waals surface area contributed by atoms with Gasteiger partial charge in [-0.05, 0) is 16.7 Å². The highest BCUT2D eigenvalue weighted by Gasteiger charge is 2.30. The first-order valence-corrected chi connectivity index (χ1v) is 10.0. The second-order valence-electron chi connectivity index (χ2n) is 7.34. The van der Waals surface area contributed by atoms with Gasteiger partial charge in [0.25, 0.3) is 0 Å². The molecule has 0 fully saturated rings. The van der Waals surface area contributed by atoms with E-state index < -0.39 is 17.8 Å². The van der Waals surface area contributed by atoms with Crippen LogP contribution in [0.15, 0.2) is 106 Å². The molecule has 4 nitrogen and oxygen atoms in total. The number of hydrogen-bond acceptors (Lipinski definition) is 4. The van der Waals surface area contributed by atoms with E-state index in [2.05, 4.69) is 16.8 Å². The van der Waals surface area contributed by atoms with Gasteiger partial charge < -0.3 is 9.47 Å². The van der Waals surface area contributed by atoms with Gasteiger partial charge in [0.1, 0.15) is 24.4 Å². The first-order valence-electron chi connectivity index (χ1n) is 10.0. The van der Waals surface area contributed by atoms with Crippen molar-refractivity contribution in [2.45, 2.75) is 32.2 Å². The third-order valence-corrected chi connectivity index (χ3v) is 4.99. The van der Waals surface area contributed by atoms with E-state index >= 15 is 0 Å². The lowest BCUT2D eigenvalue weighted by Gasteiger charge is -2.25. The van der Waals surface area contributed by atoms with E-state index in [1.165, 1.54) is 0 Å². The molecule has 2 aliphatic rings. The van der Waals surface area contributed by atoms with Crippen molar-refractivity contribution < 1.29 is 18.3 Å². The molecule has 0 spiro atoms. The number of ether oxygens (including phenoxy) is 2. The molecule has 0 saturated heterocycles. The zero-order valence-electron chi connectivity index (χ0n) is 16.9. The van der Waals surface area contributed by atoms with Gasteiger partial charge in [-0.2, -0.15) is 5.10 Å². The number of allylic oxidation sites excluding steroid dienone is 5. The predicted molar refractivity (Wildman–Crippen MR) is 117 cm³/mol. The third-order valence-electron chi connectivity index (χ3n) is 4.99. The van der Waals surface area contributed by atoms with Crippen LogP contribution in [-0.2, 0) is 22.7 Å². The van der Waals surface area contributed by atoms with Crippen LogP contribution in [0.3, 0.4) is 0 Å². The largest absolute Gasteiger partial charge is 0.473 e. The van der Waals surface area contributed by atoms with Crippen molar-refractivity contribution in [3.05, 3.63) is 107 Å². The fourth-order valence-corrected chi connectivity index (χ4v) is 3.45. The molecule has 0 aromatic heterocycles. The second-order valence-corrected chi connectivity index (χ2v) is 7.34. The van der Waals surface area contributed by atoms with E-state index in [1.54, 1.807) is 0 Å². The maximum absolute atomic E-state index is 14.5. The topological polar surface area (TPSA) is 43.2 Å². The molecular weight excluding hydrogens is 398 g/mol. The van der Waals surface area contributed by atoms with Crippen molar-refractivity contribution in [3.8, 4) is 0 Å². The summed E-state index contributed by atoms with van der Waals surface area (Å²) < 4.78 is 40.0. The number of hydrogen-bond donors (Lipinski definition) is 0. The van der Waals surface area contributed by atoms with Gasteiger partial charge in [-0.1, -0.05) is 67.2 Å². The smallest absolute Gasteiger partial charge is 0.238 e. The highest BCUT2D eigenvalue weighted by molar-refractivity contribution is 6.08. The third kappa shape index (κ3) is 5.22. The van der Waals surface area contributed by atoms with Crippen molar-refractivity contribution in [3.63, 3.8) is 0 Å². The van der Waals surface area contributed by atoms with Crippen LogP contribution in [0.4, 0.5) is 8.78 Å². The van der Waals surface area contributed by atoms with E-state index in [0.717, 1.165) is 17.2 Å². The molecule has 0 saturated carbocycles. The maximum Gasteiger partial charge on any atom is 0.238 e. The molecule has 4 rings (SSSR count). The van der Waals surface area contributed by atoms with E-state index in [1.807, 2.05) is 60.7 Å². The molecular formula is C25H22F2N2O2. The zero-order valence-corrected chi connectivity index (χ0v) is 16.9. The normalized spacial score (nSPS) is 19.0. The molecule has 0 N–H and O–H groups in total. The molecule has 6 heteroatoms. The summed E-state index contributed by atoms with van der Waals surface area (Å²) in [7, 11) is 0. The average Bonchev–Trinajstić information content (AvgIpc) is 2.77. The van der Waals surface area contributed by atoms with Crippen molar-refractivity contribution in [1.82, 2.24) is 0 Å². The van der Waals surface area contributed by atoms with E-state index in [4.69, 9.17) is 9.47 Å². The Labute approximate surface area is 179 Å². The molecule has 2 aromatic rings. The number of benzene rings is 2. The van der Waals surface area contributed by atoms with Crippen molar-refractivity contribution in [1.29, 1.82) is 0 Å². The summed E-state index contributed by atoms with van der Waals surface area (Å²) in [5, 5.41) is 8.35. The predicted octanol–water partition coefficient (Wildman–Crippen LogP) is 5.98. The Balaban J connectivity index is 1.56. The molecule has 2 aromatic carbocycles. The molecule has 0 radical (unpaired) electrons. The number of halogens is 2. The lowest BCUT2D eigenvalue weighted by atomic mass is 9.91. The Hall–Kier alpha value is -3.38. The zero-order chi connectivity index (χ0) is 21.6. The van der Waals surface area contributed by atoms with Gasteiger partial charge in [-0.25, -0.2) is 8.78 Å². The minimum atomic E-state index is -0.696. The molecule has 0 unspecified atom stereocenters. The Morgan fingerprint density at radius 2 is 1.55 bits per heavy atom. The van der Waals surface area contributed by atoms with Crippen molar-refractivity contribution >= 4 is 11.6 Å². The summed E-state index contributed by atoms with van der Waals surface area (Å²) in [6.45, 7) is 4.45. The molecule has 1 aliphatic carbocycles. The number of rotatable bonds is 6. The number of nitrogens with zero attached hydrogens (tertiary/aromatic N) is 2. The van der Waals surface area contributed by atoms with Gasteiger partial charge in [-0.15, -0.1) is 5.10 Å². The van der Waals surface area contributed by atoms with E-state index in [9.17, 15) is 8.78 Å². The van der Waals surface area contributed by atoms with Crippen LogP contribution >= 0.6 is 0 Å². The SMILES string of the molecule is C=C1CC(F)=CC(F)=C1C1=NN=C(OCc2ccccc2)[C@@H](OCc2ccccc2)C1. The first kappa shape index (κ1) is 20.9. The van der Waals surface area contributed by atoms with Crippen molar-refractivity contribution in [2.24, 2.45) is 10.2 Å². The Kier molecular flexibility index (Phi) is 6.48. The first-order chi connectivity index (χ1) is 15.1. The summed E-state index contributed by atoms with van der Waals surface area (Å²) in [6.07, 6.45) is 0.522. The summed E-state index contributed by atoms with van der Waals surface area (Å²) in [5.74, 6) is -0.930. The Morgan fingerprint density at radius 1 is 0.903 bits per heavy atom. The summed E-state index contributed by atoms with van der Waals surface area (Å²) in [6, 6.07) is 19.4. The van der Waals surface area contributed by atoms with E-state index in [0.29, 0.717) is 30.4 Å². The van der Waals surface area contributed by atoms with Crippen LogP contribution in [0.2, 0.25) is 0 Å². The minimum Gasteiger partial charge on any atom is -0.473 e. The summed E-state index contributed by atoms with van der Waals surface area (Å²) in [4.78, 5) is 0. The summed E-state index contributed by atoms with van der Waals surface area (Å²) in [5.41, 5.74) is 2.88. The highest BCUT2D eigenvalue weighted by atomic mass is 19.1. The highest BCUT2D eigenvalue weighted by Crippen LogP contribution is 2.33. The van der Waals surface area contributed by atoms with Crippen LogP contribution in [-0.4, -0.2) is 17.7 Å². The molecule has 1 aliphatic heterocycles. The monoisotopic (exact) mass is 420 g/mol. The van der Waals surface area contributed by atoms with Gasteiger partial charge in [0.05, 0.1) is 12.3 Å². The molecule has 0 bridgehead atoms. The van der Waals surface area contributed by atoms with Crippen LogP contribution in [0.1, 0.15) is 24.0 Å². The summed E-state index contributed by atoms with van der Waals surface area (Å²) >= 11 is 0. The van der Waals surface area contributed by atoms with Gasteiger partial charge in [0, 0.05) is 24.5 Å². The van der Waals surface area contributed by atoms with Gasteiger partial charge in [0.15, 0.2) is 0 Å². The fourth-order valence-electron chi connectivity index (χ4n) is 3.45. The standard InChI is InChI=1S/C25H22F2N2O2/c1-17-12-20(26)13-21(27)24(17)22-14-23(30-15-18-8-4-2-5-9-18)25(29-28-22)31-16-19-10-6-3-7-11-19/h2-11,13,23H,1,12,14-16H2/t23-/m0/s1. The van der Waals surface area contributed by atoms with Gasteiger partial charge in [0.2, 0.25) is 5.90 Å². The average molecular weight is 420 g/mol. The molecule has 158 valence electrons. The van der Waals surface area contributed by atoms with Crippen LogP contribution < -0.4 is 0 Å². The quantitative estimate of drug-likeness (QED) is 0.577. The fraction of sp³-hybridized carbons (Fsp3) is 0.200. The Bertz CT molecular complexity index is 1070. The molecule has 0 amide bonds. The minimum absolute atomic E-state index is 0.0433. The van der Waals surface area contributed by atoms with Gasteiger partial charge in [-0.3, -0.25) is 0 Å². The Morgan fingerprint density at radius 3 is 2.19 bits per heavy atom. The second kappa shape index (κ2) is 9.62. The lowest BCUT2D eigenvalue weighted by molar-refractivity contribution is 0.0666. The van der Waals surface area contributed by atoms with Crippen LogP contribution in [0, 0.1) is 0 Å². The molecule has 1 atom stereocenters. The lowest BCUT2D eigenvalue weighted by Crippen LogP contribution is -2.33. The van der Waals surface area contributed by atoms with E-state index in [-0.39, 0.29) is 18.4 Å². The molecule has 31 heavy (non-hydrogen) atoms. The van der Waals surface area contributed by atoms with Gasteiger partial charge >= 0.3 is 0 Å². The van der Waals surface area contributed by atoms with Crippen molar-refractivity contribution in [2.75, 3.05) is 0 Å². The molecule has 1 heterocycles.